The van der Waals surface area contributed by atoms with E-state index < -0.39 is 0 Å². The minimum absolute atomic E-state index is 0.0648. The van der Waals surface area contributed by atoms with Crippen molar-refractivity contribution < 1.29 is 4.79 Å². The van der Waals surface area contributed by atoms with Crippen molar-refractivity contribution in [3.63, 3.8) is 0 Å². The third kappa shape index (κ3) is 1.13. The van der Waals surface area contributed by atoms with Crippen molar-refractivity contribution in [2.24, 2.45) is 5.41 Å². The SMILES string of the molecule is C=C1C(=O)CCCC1(C)C. The predicted molar refractivity (Wildman–Crippen MR) is 41.8 cm³/mol. The third-order valence-corrected chi connectivity index (χ3v) is 2.36. The summed E-state index contributed by atoms with van der Waals surface area (Å²) >= 11 is 0. The van der Waals surface area contributed by atoms with E-state index in [0.717, 1.165) is 18.4 Å². The van der Waals surface area contributed by atoms with Crippen LogP contribution < -0.4 is 0 Å². The summed E-state index contributed by atoms with van der Waals surface area (Å²) in [6, 6.07) is 0. The summed E-state index contributed by atoms with van der Waals surface area (Å²) < 4.78 is 0. The maximum atomic E-state index is 11.1. The van der Waals surface area contributed by atoms with E-state index >= 15 is 0 Å². The minimum atomic E-state index is 0.0648. The highest BCUT2D eigenvalue weighted by Gasteiger charge is 2.30. The molecule has 1 nitrogen and oxygen atoms in total. The zero-order valence-corrected chi connectivity index (χ0v) is 6.74. The molecule has 0 atom stereocenters. The van der Waals surface area contributed by atoms with Gasteiger partial charge in [-0.25, -0.2) is 0 Å². The molecule has 0 aliphatic heterocycles. The van der Waals surface area contributed by atoms with Crippen molar-refractivity contribution in [1.82, 2.24) is 0 Å². The Bertz CT molecular complexity index is 177. The maximum Gasteiger partial charge on any atom is 0.158 e. The summed E-state index contributed by atoms with van der Waals surface area (Å²) in [5, 5.41) is 0. The Hall–Kier alpha value is -0.590. The molecule has 0 aromatic carbocycles. The minimum Gasteiger partial charge on any atom is -0.295 e. The highest BCUT2D eigenvalue weighted by molar-refractivity contribution is 5.96. The Morgan fingerprint density at radius 2 is 2.10 bits per heavy atom. The van der Waals surface area contributed by atoms with Gasteiger partial charge < -0.3 is 0 Å². The van der Waals surface area contributed by atoms with Crippen molar-refractivity contribution in [3.05, 3.63) is 12.2 Å². The third-order valence-electron chi connectivity index (χ3n) is 2.36. The number of hydrogen-bond acceptors (Lipinski definition) is 1. The lowest BCUT2D eigenvalue weighted by molar-refractivity contribution is -0.117. The summed E-state index contributed by atoms with van der Waals surface area (Å²) in [5.74, 6) is 0.260. The summed E-state index contributed by atoms with van der Waals surface area (Å²) in [7, 11) is 0. The van der Waals surface area contributed by atoms with Crippen LogP contribution in [0.2, 0.25) is 0 Å². The fraction of sp³-hybridized carbons (Fsp3) is 0.667. The van der Waals surface area contributed by atoms with Gasteiger partial charge in [0.15, 0.2) is 5.78 Å². The van der Waals surface area contributed by atoms with Gasteiger partial charge in [-0.05, 0) is 23.8 Å². The van der Waals surface area contributed by atoms with Gasteiger partial charge >= 0.3 is 0 Å². The van der Waals surface area contributed by atoms with Crippen LogP contribution in [0.1, 0.15) is 33.1 Å². The Labute approximate surface area is 62.1 Å². The molecule has 0 unspecified atom stereocenters. The molecule has 56 valence electrons. The molecule has 0 heterocycles. The molecule has 0 radical (unpaired) electrons. The number of carbonyl (C=O) groups is 1. The van der Waals surface area contributed by atoms with Gasteiger partial charge in [-0.1, -0.05) is 20.4 Å². The Morgan fingerprint density at radius 3 is 2.50 bits per heavy atom. The van der Waals surface area contributed by atoms with Crippen LogP contribution in [0.5, 0.6) is 0 Å². The van der Waals surface area contributed by atoms with E-state index in [2.05, 4.69) is 20.4 Å². The van der Waals surface area contributed by atoms with Crippen LogP contribution >= 0.6 is 0 Å². The molecule has 1 saturated carbocycles. The van der Waals surface area contributed by atoms with Gasteiger partial charge in [-0.2, -0.15) is 0 Å². The number of allylic oxidation sites excluding steroid dienone is 1. The summed E-state index contributed by atoms with van der Waals surface area (Å²) in [4.78, 5) is 11.1. The molecule has 1 aliphatic rings. The van der Waals surface area contributed by atoms with E-state index in [0.29, 0.717) is 6.42 Å². The molecule has 1 aliphatic carbocycles. The van der Waals surface area contributed by atoms with Crippen molar-refractivity contribution in [2.75, 3.05) is 0 Å². The molecule has 0 aromatic heterocycles. The average molecular weight is 138 g/mol. The lowest BCUT2D eigenvalue weighted by Crippen LogP contribution is -2.25. The van der Waals surface area contributed by atoms with Crippen LogP contribution in [-0.2, 0) is 4.79 Å². The highest BCUT2D eigenvalue weighted by atomic mass is 16.1. The smallest absolute Gasteiger partial charge is 0.158 e. The molecule has 0 N–H and O–H groups in total. The first-order chi connectivity index (χ1) is 4.54. The Balaban J connectivity index is 2.79. The number of rotatable bonds is 0. The first kappa shape index (κ1) is 7.52. The van der Waals surface area contributed by atoms with Crippen LogP contribution in [0.3, 0.4) is 0 Å². The van der Waals surface area contributed by atoms with Gasteiger partial charge in [0.05, 0.1) is 0 Å². The van der Waals surface area contributed by atoms with Crippen LogP contribution in [0, 0.1) is 5.41 Å². The molecule has 1 heteroatoms. The van der Waals surface area contributed by atoms with Gasteiger partial charge in [0.1, 0.15) is 0 Å². The summed E-state index contributed by atoms with van der Waals surface area (Å²) in [6.45, 7) is 7.98. The fourth-order valence-electron chi connectivity index (χ4n) is 1.37. The number of ketones is 1. The molecule has 0 amide bonds. The van der Waals surface area contributed by atoms with Crippen molar-refractivity contribution >= 4 is 5.78 Å². The van der Waals surface area contributed by atoms with Crippen molar-refractivity contribution in [3.8, 4) is 0 Å². The van der Waals surface area contributed by atoms with Crippen LogP contribution in [0.15, 0.2) is 12.2 Å². The predicted octanol–water partition coefficient (Wildman–Crippen LogP) is 2.32. The maximum absolute atomic E-state index is 11.1. The van der Waals surface area contributed by atoms with E-state index in [1.807, 2.05) is 0 Å². The summed E-state index contributed by atoms with van der Waals surface area (Å²) in [6.07, 6.45) is 2.85. The molecular formula is C9H14O. The average Bonchev–Trinajstić information content (AvgIpc) is 1.83. The van der Waals surface area contributed by atoms with E-state index in [4.69, 9.17) is 0 Å². The molecule has 0 saturated heterocycles. The Morgan fingerprint density at radius 1 is 1.50 bits per heavy atom. The van der Waals surface area contributed by atoms with E-state index in [1.54, 1.807) is 0 Å². The lowest BCUT2D eigenvalue weighted by Gasteiger charge is -2.30. The van der Waals surface area contributed by atoms with Gasteiger partial charge in [-0.3, -0.25) is 4.79 Å². The fourth-order valence-corrected chi connectivity index (χ4v) is 1.37. The molecule has 0 aromatic rings. The van der Waals surface area contributed by atoms with Crippen molar-refractivity contribution in [1.29, 1.82) is 0 Å². The monoisotopic (exact) mass is 138 g/mol. The van der Waals surface area contributed by atoms with Crippen molar-refractivity contribution in [2.45, 2.75) is 33.1 Å². The molecule has 0 bridgehead atoms. The first-order valence-electron chi connectivity index (χ1n) is 3.76. The van der Waals surface area contributed by atoms with Crippen LogP contribution in [0.25, 0.3) is 0 Å². The quantitative estimate of drug-likeness (QED) is 0.469. The van der Waals surface area contributed by atoms with E-state index in [1.165, 1.54) is 0 Å². The van der Waals surface area contributed by atoms with Gasteiger partial charge in [0, 0.05) is 6.42 Å². The lowest BCUT2D eigenvalue weighted by atomic mass is 9.73. The van der Waals surface area contributed by atoms with Gasteiger partial charge in [-0.15, -0.1) is 0 Å². The number of hydrogen-bond donors (Lipinski definition) is 0. The standard InChI is InChI=1S/C9H14O/c1-7-8(10)5-4-6-9(7,2)3/h1,4-6H2,2-3H3. The first-order valence-corrected chi connectivity index (χ1v) is 3.76. The van der Waals surface area contributed by atoms with Gasteiger partial charge in [0.25, 0.3) is 0 Å². The zero-order valence-electron chi connectivity index (χ0n) is 6.74. The van der Waals surface area contributed by atoms with E-state index in [9.17, 15) is 4.79 Å². The van der Waals surface area contributed by atoms with E-state index in [-0.39, 0.29) is 11.2 Å². The topological polar surface area (TPSA) is 17.1 Å². The van der Waals surface area contributed by atoms with Crippen LogP contribution in [0.4, 0.5) is 0 Å². The Kier molecular flexibility index (Phi) is 1.67. The molecule has 10 heavy (non-hydrogen) atoms. The zero-order chi connectivity index (χ0) is 7.78. The highest BCUT2D eigenvalue weighted by Crippen LogP contribution is 2.36. The second-order valence-corrected chi connectivity index (χ2v) is 3.64. The number of carbonyl (C=O) groups excluding carboxylic acids is 1. The second-order valence-electron chi connectivity index (χ2n) is 3.64. The normalized spacial score (nSPS) is 25.0. The molecule has 1 rings (SSSR count). The summed E-state index contributed by atoms with van der Waals surface area (Å²) in [5.41, 5.74) is 0.883. The molecular weight excluding hydrogens is 124 g/mol. The molecule has 1 fully saturated rings. The second kappa shape index (κ2) is 2.22. The van der Waals surface area contributed by atoms with Gasteiger partial charge in [0.2, 0.25) is 0 Å². The van der Waals surface area contributed by atoms with Crippen LogP contribution in [-0.4, -0.2) is 5.78 Å². The molecule has 0 spiro atoms. The largest absolute Gasteiger partial charge is 0.295 e. The number of Topliss-reactive ketones (excluding diaryl/α,β-unsaturated/α-hetero) is 1.